The first-order valence-electron chi connectivity index (χ1n) is 8.70. The van der Waals surface area contributed by atoms with E-state index in [0.717, 1.165) is 5.01 Å². The summed E-state index contributed by atoms with van der Waals surface area (Å²) in [6.07, 6.45) is 0.140. The molecule has 0 spiro atoms. The summed E-state index contributed by atoms with van der Waals surface area (Å²) >= 11 is 0. The highest BCUT2D eigenvalue weighted by molar-refractivity contribution is 6.15. The number of primary amides is 1. The Kier molecular flexibility index (Phi) is 4.38. The molecule has 10 heteroatoms. The minimum Gasteiger partial charge on any atom is -0.454 e. The second-order valence-electron chi connectivity index (χ2n) is 6.60. The number of nitrogens with two attached hydrogens (primary N) is 1. The van der Waals surface area contributed by atoms with Gasteiger partial charge in [0.15, 0.2) is 11.5 Å². The first-order chi connectivity index (χ1) is 13.8. The number of fused-ring (bicyclic) bond motifs is 2. The van der Waals surface area contributed by atoms with E-state index in [-0.39, 0.29) is 18.9 Å². The van der Waals surface area contributed by atoms with E-state index in [9.17, 15) is 19.7 Å². The third-order valence-corrected chi connectivity index (χ3v) is 4.77. The van der Waals surface area contributed by atoms with Crippen LogP contribution in [0, 0.1) is 10.1 Å². The number of hydrazone groups is 1. The molecule has 0 aromatic heterocycles. The molecule has 0 fully saturated rings. The molecule has 2 N–H and O–H groups in total. The first kappa shape index (κ1) is 18.4. The van der Waals surface area contributed by atoms with Gasteiger partial charge < -0.3 is 15.2 Å². The predicted octanol–water partition coefficient (Wildman–Crippen LogP) is 1.33. The number of amides is 2. The molecule has 0 radical (unpaired) electrons. The normalized spacial score (nSPS) is 17.2. The summed E-state index contributed by atoms with van der Waals surface area (Å²) < 4.78 is 10.9. The van der Waals surface area contributed by atoms with Crippen LogP contribution in [0.3, 0.4) is 0 Å². The van der Waals surface area contributed by atoms with Crippen molar-refractivity contribution in [2.24, 2.45) is 10.8 Å². The Morgan fingerprint density at radius 3 is 2.45 bits per heavy atom. The van der Waals surface area contributed by atoms with Crippen LogP contribution in [0.2, 0.25) is 0 Å². The van der Waals surface area contributed by atoms with Gasteiger partial charge in [0.2, 0.25) is 18.6 Å². The lowest BCUT2D eigenvalue weighted by Gasteiger charge is -2.22. The van der Waals surface area contributed by atoms with Gasteiger partial charge in [0.25, 0.3) is 5.69 Å². The summed E-state index contributed by atoms with van der Waals surface area (Å²) in [5.41, 5.74) is 7.68. The Morgan fingerprint density at radius 2 is 1.86 bits per heavy atom. The molecule has 2 aliphatic heterocycles. The van der Waals surface area contributed by atoms with E-state index in [1.165, 1.54) is 31.2 Å². The second-order valence-corrected chi connectivity index (χ2v) is 6.60. The lowest BCUT2D eigenvalue weighted by atomic mass is 9.93. The highest BCUT2D eigenvalue weighted by Crippen LogP contribution is 2.37. The number of carbonyl (C=O) groups is 2. The van der Waals surface area contributed by atoms with E-state index in [0.29, 0.717) is 33.9 Å². The zero-order valence-electron chi connectivity index (χ0n) is 15.3. The van der Waals surface area contributed by atoms with Crippen LogP contribution in [-0.4, -0.2) is 40.3 Å². The average Bonchev–Trinajstić information content (AvgIpc) is 3.06. The number of ether oxygens (including phenoxy) is 2. The number of rotatable bonds is 3. The van der Waals surface area contributed by atoms with Crippen LogP contribution < -0.4 is 15.2 Å². The zero-order valence-corrected chi connectivity index (χ0v) is 15.3. The molecule has 29 heavy (non-hydrogen) atoms. The summed E-state index contributed by atoms with van der Waals surface area (Å²) in [7, 11) is 0. The van der Waals surface area contributed by atoms with Crippen LogP contribution in [-0.2, 0) is 16.0 Å². The molecule has 0 bridgehead atoms. The Balaban J connectivity index is 1.92. The van der Waals surface area contributed by atoms with Crippen molar-refractivity contribution in [2.45, 2.75) is 19.4 Å². The fourth-order valence-electron chi connectivity index (χ4n) is 3.36. The fraction of sp³-hybridized carbons (Fsp3) is 0.211. The molecule has 2 heterocycles. The lowest BCUT2D eigenvalue weighted by Crippen LogP contribution is -2.45. The van der Waals surface area contributed by atoms with Gasteiger partial charge in [-0.25, -0.2) is 5.01 Å². The van der Waals surface area contributed by atoms with Crippen LogP contribution in [0.1, 0.15) is 23.6 Å². The number of nitro groups is 1. The quantitative estimate of drug-likeness (QED) is 0.614. The van der Waals surface area contributed by atoms with Gasteiger partial charge >= 0.3 is 0 Å². The second kappa shape index (κ2) is 6.89. The summed E-state index contributed by atoms with van der Waals surface area (Å²) in [5.74, 6) is -0.130. The van der Waals surface area contributed by atoms with Crippen molar-refractivity contribution < 1.29 is 24.0 Å². The molecular formula is C19H16N4O6. The Labute approximate surface area is 164 Å². The molecule has 148 valence electrons. The van der Waals surface area contributed by atoms with Gasteiger partial charge in [-0.15, -0.1) is 0 Å². The van der Waals surface area contributed by atoms with Gasteiger partial charge in [-0.05, 0) is 29.8 Å². The third-order valence-electron chi connectivity index (χ3n) is 4.77. The van der Waals surface area contributed by atoms with E-state index >= 15 is 0 Å². The molecule has 2 aromatic rings. The van der Waals surface area contributed by atoms with Crippen LogP contribution in [0.25, 0.3) is 0 Å². The molecule has 2 aromatic carbocycles. The van der Waals surface area contributed by atoms with Gasteiger partial charge in [-0.3, -0.25) is 19.7 Å². The number of benzene rings is 2. The molecule has 0 aliphatic carbocycles. The molecular weight excluding hydrogens is 380 g/mol. The molecule has 1 unspecified atom stereocenters. The van der Waals surface area contributed by atoms with Gasteiger partial charge in [0.1, 0.15) is 6.04 Å². The molecule has 4 rings (SSSR count). The van der Waals surface area contributed by atoms with Crippen LogP contribution in [0.15, 0.2) is 41.5 Å². The number of non-ortho nitro benzene ring substituents is 1. The van der Waals surface area contributed by atoms with Crippen molar-refractivity contribution in [1.29, 1.82) is 0 Å². The summed E-state index contributed by atoms with van der Waals surface area (Å²) in [4.78, 5) is 34.7. The Morgan fingerprint density at radius 1 is 1.21 bits per heavy atom. The molecule has 2 amide bonds. The molecule has 2 aliphatic rings. The number of nitrogens with zero attached hydrogens (tertiary/aromatic N) is 3. The Hall–Kier alpha value is -3.95. The van der Waals surface area contributed by atoms with Crippen LogP contribution >= 0.6 is 0 Å². The average molecular weight is 396 g/mol. The first-order valence-corrected chi connectivity index (χ1v) is 8.70. The summed E-state index contributed by atoms with van der Waals surface area (Å²) in [5, 5.41) is 16.4. The van der Waals surface area contributed by atoms with Crippen molar-refractivity contribution in [2.75, 3.05) is 6.79 Å². The van der Waals surface area contributed by atoms with E-state index in [2.05, 4.69) is 5.10 Å². The standard InChI is InChI=1S/C19H16N4O6/c1-10(24)22-15(19(20)25)6-12-7-16-17(29-9-28-16)8-14(12)18(21-22)11-2-4-13(5-3-11)23(26)27/h2-5,7-8,15H,6,9H2,1H3,(H2,20,25). The van der Waals surface area contributed by atoms with Crippen molar-refractivity contribution in [3.63, 3.8) is 0 Å². The maximum atomic E-state index is 12.2. The van der Waals surface area contributed by atoms with E-state index < -0.39 is 22.8 Å². The van der Waals surface area contributed by atoms with Crippen molar-refractivity contribution in [3.8, 4) is 11.5 Å². The van der Waals surface area contributed by atoms with Crippen molar-refractivity contribution in [3.05, 3.63) is 63.2 Å². The maximum Gasteiger partial charge on any atom is 0.269 e. The fourth-order valence-corrected chi connectivity index (χ4v) is 3.36. The molecule has 1 atom stereocenters. The highest BCUT2D eigenvalue weighted by atomic mass is 16.7. The van der Waals surface area contributed by atoms with Crippen molar-refractivity contribution in [1.82, 2.24) is 5.01 Å². The van der Waals surface area contributed by atoms with Crippen LogP contribution in [0.5, 0.6) is 11.5 Å². The van der Waals surface area contributed by atoms with Gasteiger partial charge in [-0.1, -0.05) is 0 Å². The maximum absolute atomic E-state index is 12.2. The Bertz CT molecular complexity index is 1060. The minimum absolute atomic E-state index is 0.0705. The smallest absolute Gasteiger partial charge is 0.269 e. The third kappa shape index (κ3) is 3.24. The number of hydrogen-bond donors (Lipinski definition) is 1. The van der Waals surface area contributed by atoms with Gasteiger partial charge in [0.05, 0.1) is 10.6 Å². The zero-order chi connectivity index (χ0) is 20.7. The molecule has 0 saturated carbocycles. The lowest BCUT2D eigenvalue weighted by molar-refractivity contribution is -0.384. The summed E-state index contributed by atoms with van der Waals surface area (Å²) in [6.45, 7) is 1.36. The predicted molar refractivity (Wildman–Crippen MR) is 101 cm³/mol. The largest absolute Gasteiger partial charge is 0.454 e. The molecule has 0 saturated heterocycles. The highest BCUT2D eigenvalue weighted by Gasteiger charge is 2.33. The molecule has 10 nitrogen and oxygen atoms in total. The SMILES string of the molecule is CC(=O)N1N=C(c2ccc([N+](=O)[O-])cc2)c2cc3c(cc2CC1C(N)=O)OCO3. The minimum atomic E-state index is -0.984. The van der Waals surface area contributed by atoms with E-state index in [4.69, 9.17) is 15.2 Å². The van der Waals surface area contributed by atoms with Crippen molar-refractivity contribution >= 4 is 23.2 Å². The van der Waals surface area contributed by atoms with Crippen LogP contribution in [0.4, 0.5) is 5.69 Å². The monoisotopic (exact) mass is 396 g/mol. The van der Waals surface area contributed by atoms with Gasteiger partial charge in [-0.2, -0.15) is 5.10 Å². The number of nitro benzene ring substituents is 1. The van der Waals surface area contributed by atoms with E-state index in [1.807, 2.05) is 0 Å². The topological polar surface area (TPSA) is 137 Å². The van der Waals surface area contributed by atoms with E-state index in [1.54, 1.807) is 12.1 Å². The summed E-state index contributed by atoms with van der Waals surface area (Å²) in [6, 6.07) is 8.24. The number of carbonyl (C=O) groups excluding carboxylic acids is 2. The van der Waals surface area contributed by atoms with Gasteiger partial charge in [0, 0.05) is 36.6 Å². The number of hydrogen-bond acceptors (Lipinski definition) is 7.